The van der Waals surface area contributed by atoms with Gasteiger partial charge in [0.2, 0.25) is 0 Å². The maximum absolute atomic E-state index is 4.45. The van der Waals surface area contributed by atoms with Gasteiger partial charge in [0.05, 0.1) is 0 Å². The molecule has 23 heavy (non-hydrogen) atoms. The summed E-state index contributed by atoms with van der Waals surface area (Å²) < 4.78 is 0. The summed E-state index contributed by atoms with van der Waals surface area (Å²) in [5.41, 5.74) is 0. The van der Waals surface area contributed by atoms with Crippen molar-refractivity contribution in [3.05, 3.63) is 0 Å². The van der Waals surface area contributed by atoms with Gasteiger partial charge in [-0.15, -0.1) is 0 Å². The van der Waals surface area contributed by atoms with E-state index in [2.05, 4.69) is 32.3 Å². The molecule has 3 aliphatic rings. The SMILES string of the molecule is CCN1CCCCC1CNC(=NC)NC1CCN(C2CC2)CC1. The van der Waals surface area contributed by atoms with Crippen LogP contribution in [-0.4, -0.2) is 73.7 Å². The van der Waals surface area contributed by atoms with Gasteiger partial charge in [0.25, 0.3) is 0 Å². The lowest BCUT2D eigenvalue weighted by Crippen LogP contribution is -2.52. The summed E-state index contributed by atoms with van der Waals surface area (Å²) in [6, 6.07) is 2.17. The van der Waals surface area contributed by atoms with Crippen LogP contribution in [0.15, 0.2) is 4.99 Å². The van der Waals surface area contributed by atoms with E-state index >= 15 is 0 Å². The van der Waals surface area contributed by atoms with E-state index in [0.29, 0.717) is 12.1 Å². The van der Waals surface area contributed by atoms with Gasteiger partial charge >= 0.3 is 0 Å². The summed E-state index contributed by atoms with van der Waals surface area (Å²) >= 11 is 0. The lowest BCUT2D eigenvalue weighted by molar-refractivity contribution is 0.157. The number of nitrogens with one attached hydrogen (secondary N) is 2. The Morgan fingerprint density at radius 1 is 1.04 bits per heavy atom. The second-order valence-corrected chi connectivity index (χ2v) is 7.42. The first-order chi connectivity index (χ1) is 11.3. The Hall–Kier alpha value is -0.810. The van der Waals surface area contributed by atoms with Crippen LogP contribution in [0, 0.1) is 0 Å². The maximum atomic E-state index is 4.45. The normalized spacial score (nSPS) is 28.8. The number of hydrogen-bond donors (Lipinski definition) is 2. The van der Waals surface area contributed by atoms with Crippen LogP contribution in [0.5, 0.6) is 0 Å². The van der Waals surface area contributed by atoms with E-state index in [9.17, 15) is 0 Å². The standard InChI is InChI=1S/C18H35N5/c1-3-22-11-5-4-6-17(22)14-20-18(19-2)21-15-9-12-23(13-10-15)16-7-8-16/h15-17H,3-14H2,1-2H3,(H2,19,20,21). The molecule has 132 valence electrons. The molecule has 0 radical (unpaired) electrons. The number of likely N-dealkylation sites (tertiary alicyclic amines) is 2. The molecule has 3 rings (SSSR count). The summed E-state index contributed by atoms with van der Waals surface area (Å²) in [6.45, 7) is 8.23. The van der Waals surface area contributed by atoms with E-state index in [4.69, 9.17) is 0 Å². The molecule has 0 aromatic rings. The monoisotopic (exact) mass is 321 g/mol. The fraction of sp³-hybridized carbons (Fsp3) is 0.944. The lowest BCUT2D eigenvalue weighted by Gasteiger charge is -2.36. The molecule has 1 saturated carbocycles. The molecule has 1 atom stereocenters. The van der Waals surface area contributed by atoms with Crippen LogP contribution in [0.4, 0.5) is 0 Å². The molecule has 5 nitrogen and oxygen atoms in total. The molecule has 2 saturated heterocycles. The zero-order valence-electron chi connectivity index (χ0n) is 15.1. The molecule has 1 unspecified atom stereocenters. The molecular formula is C18H35N5. The molecule has 3 fully saturated rings. The highest BCUT2D eigenvalue weighted by Gasteiger charge is 2.32. The number of hydrogen-bond acceptors (Lipinski definition) is 3. The van der Waals surface area contributed by atoms with Crippen LogP contribution in [0.25, 0.3) is 0 Å². The van der Waals surface area contributed by atoms with Crippen molar-refractivity contribution in [1.82, 2.24) is 20.4 Å². The second kappa shape index (κ2) is 8.34. The minimum atomic E-state index is 0.588. The summed E-state index contributed by atoms with van der Waals surface area (Å²) in [5.74, 6) is 0.997. The van der Waals surface area contributed by atoms with Crippen LogP contribution in [0.1, 0.15) is 51.9 Å². The van der Waals surface area contributed by atoms with Crippen molar-refractivity contribution in [3.8, 4) is 0 Å². The van der Waals surface area contributed by atoms with Gasteiger partial charge in [-0.3, -0.25) is 9.89 Å². The van der Waals surface area contributed by atoms with Crippen LogP contribution >= 0.6 is 0 Å². The summed E-state index contributed by atoms with van der Waals surface area (Å²) in [4.78, 5) is 9.73. The van der Waals surface area contributed by atoms with Crippen molar-refractivity contribution >= 4 is 5.96 Å². The van der Waals surface area contributed by atoms with Crippen LogP contribution in [-0.2, 0) is 0 Å². The third-order valence-corrected chi connectivity index (χ3v) is 5.82. The maximum Gasteiger partial charge on any atom is 0.191 e. The van der Waals surface area contributed by atoms with Crippen molar-refractivity contribution in [2.75, 3.05) is 39.8 Å². The van der Waals surface area contributed by atoms with Gasteiger partial charge in [0.1, 0.15) is 0 Å². The zero-order chi connectivity index (χ0) is 16.1. The Morgan fingerprint density at radius 2 is 1.83 bits per heavy atom. The average molecular weight is 322 g/mol. The molecule has 0 aromatic carbocycles. The van der Waals surface area contributed by atoms with E-state index in [0.717, 1.165) is 25.1 Å². The first-order valence-electron chi connectivity index (χ1n) is 9.75. The highest BCUT2D eigenvalue weighted by Crippen LogP contribution is 2.29. The van der Waals surface area contributed by atoms with E-state index in [1.807, 2.05) is 7.05 Å². The Bertz CT molecular complexity index is 385. The summed E-state index contributed by atoms with van der Waals surface area (Å²) in [6.07, 6.45) is 9.40. The number of piperidine rings is 2. The number of aliphatic imine (C=N–C) groups is 1. The smallest absolute Gasteiger partial charge is 0.191 e. The molecule has 2 N–H and O–H groups in total. The van der Waals surface area contributed by atoms with Crippen molar-refractivity contribution in [2.24, 2.45) is 4.99 Å². The van der Waals surface area contributed by atoms with Gasteiger partial charge in [0, 0.05) is 44.8 Å². The predicted molar refractivity (Wildman–Crippen MR) is 97.0 cm³/mol. The van der Waals surface area contributed by atoms with Gasteiger partial charge in [-0.1, -0.05) is 13.3 Å². The Morgan fingerprint density at radius 3 is 2.48 bits per heavy atom. The van der Waals surface area contributed by atoms with Crippen molar-refractivity contribution in [2.45, 2.75) is 70.0 Å². The predicted octanol–water partition coefficient (Wildman–Crippen LogP) is 1.65. The van der Waals surface area contributed by atoms with Crippen molar-refractivity contribution in [1.29, 1.82) is 0 Å². The first-order valence-corrected chi connectivity index (χ1v) is 9.75. The van der Waals surface area contributed by atoms with E-state index in [1.54, 1.807) is 0 Å². The van der Waals surface area contributed by atoms with Crippen LogP contribution in [0.3, 0.4) is 0 Å². The highest BCUT2D eigenvalue weighted by atomic mass is 15.2. The minimum absolute atomic E-state index is 0.588. The number of nitrogens with zero attached hydrogens (tertiary/aromatic N) is 3. The highest BCUT2D eigenvalue weighted by molar-refractivity contribution is 5.80. The fourth-order valence-electron chi connectivity index (χ4n) is 4.16. The van der Waals surface area contributed by atoms with Crippen molar-refractivity contribution < 1.29 is 0 Å². The molecule has 0 spiro atoms. The van der Waals surface area contributed by atoms with E-state index < -0.39 is 0 Å². The average Bonchev–Trinajstić information content (AvgIpc) is 3.44. The lowest BCUT2D eigenvalue weighted by atomic mass is 10.0. The summed E-state index contributed by atoms with van der Waals surface area (Å²) in [5, 5.41) is 7.23. The molecule has 1 aliphatic carbocycles. The molecule has 2 heterocycles. The zero-order valence-corrected chi connectivity index (χ0v) is 15.1. The summed E-state index contributed by atoms with van der Waals surface area (Å²) in [7, 11) is 1.90. The van der Waals surface area contributed by atoms with Gasteiger partial charge < -0.3 is 15.5 Å². The van der Waals surface area contributed by atoms with E-state index in [1.165, 1.54) is 64.6 Å². The van der Waals surface area contributed by atoms with E-state index in [-0.39, 0.29) is 0 Å². The van der Waals surface area contributed by atoms with Crippen molar-refractivity contribution in [3.63, 3.8) is 0 Å². The Kier molecular flexibility index (Phi) is 6.17. The molecule has 2 aliphatic heterocycles. The number of rotatable bonds is 5. The third-order valence-electron chi connectivity index (χ3n) is 5.82. The van der Waals surface area contributed by atoms with Gasteiger partial charge in [-0.05, 0) is 51.6 Å². The van der Waals surface area contributed by atoms with Gasteiger partial charge in [-0.2, -0.15) is 0 Å². The molecular weight excluding hydrogens is 286 g/mol. The minimum Gasteiger partial charge on any atom is -0.355 e. The third kappa shape index (κ3) is 4.83. The molecule has 0 bridgehead atoms. The quantitative estimate of drug-likeness (QED) is 0.597. The number of likely N-dealkylation sites (N-methyl/N-ethyl adjacent to an activating group) is 1. The molecule has 0 aromatic heterocycles. The van der Waals surface area contributed by atoms with Crippen LogP contribution in [0.2, 0.25) is 0 Å². The second-order valence-electron chi connectivity index (χ2n) is 7.42. The fourth-order valence-corrected chi connectivity index (χ4v) is 4.16. The molecule has 5 heteroatoms. The van der Waals surface area contributed by atoms with Gasteiger partial charge in [0.15, 0.2) is 5.96 Å². The molecule has 0 amide bonds. The topological polar surface area (TPSA) is 42.9 Å². The Balaban J connectivity index is 1.39. The van der Waals surface area contributed by atoms with Gasteiger partial charge in [-0.25, -0.2) is 0 Å². The number of guanidine groups is 1. The largest absolute Gasteiger partial charge is 0.355 e. The first kappa shape index (κ1) is 17.0. The Labute approximate surface area is 141 Å². The van der Waals surface area contributed by atoms with Crippen LogP contribution < -0.4 is 10.6 Å².